The van der Waals surface area contributed by atoms with Crippen LogP contribution in [0.2, 0.25) is 0 Å². The molecule has 2 aromatic carbocycles. The lowest BCUT2D eigenvalue weighted by Crippen LogP contribution is -1.95. The molecule has 2 rings (SSSR count). The minimum absolute atomic E-state index is 0.273. The van der Waals surface area contributed by atoms with E-state index in [9.17, 15) is 9.50 Å². The summed E-state index contributed by atoms with van der Waals surface area (Å²) < 4.78 is 13.4. The topological polar surface area (TPSA) is 20.2 Å². The molecule has 0 saturated carbocycles. The van der Waals surface area contributed by atoms with Gasteiger partial charge in [0.25, 0.3) is 0 Å². The van der Waals surface area contributed by atoms with Gasteiger partial charge in [-0.3, -0.25) is 0 Å². The number of fused-ring (bicyclic) bond motifs is 1. The van der Waals surface area contributed by atoms with Crippen molar-refractivity contribution in [3.05, 3.63) is 60.4 Å². The first-order chi connectivity index (χ1) is 7.24. The Labute approximate surface area is 87.5 Å². The van der Waals surface area contributed by atoms with Gasteiger partial charge in [0.1, 0.15) is 5.82 Å². The number of halogens is 1. The van der Waals surface area contributed by atoms with Gasteiger partial charge in [-0.2, -0.15) is 0 Å². The van der Waals surface area contributed by atoms with Gasteiger partial charge in [-0.15, -0.1) is 6.58 Å². The number of rotatable bonds is 2. The fourth-order valence-electron chi connectivity index (χ4n) is 1.67. The second-order valence-electron chi connectivity index (χ2n) is 3.36. The van der Waals surface area contributed by atoms with Gasteiger partial charge < -0.3 is 5.11 Å². The summed E-state index contributed by atoms with van der Waals surface area (Å²) in [6.07, 6.45) is 0.676. The number of hydrogen-bond donors (Lipinski definition) is 1. The SMILES string of the molecule is C=CC(O)c1ccc(F)c2ccccc12. The van der Waals surface area contributed by atoms with E-state index in [1.165, 1.54) is 12.1 Å². The van der Waals surface area contributed by atoms with Crippen molar-refractivity contribution in [2.24, 2.45) is 0 Å². The Balaban J connectivity index is 2.77. The summed E-state index contributed by atoms with van der Waals surface area (Å²) in [7, 11) is 0. The van der Waals surface area contributed by atoms with E-state index in [1.807, 2.05) is 6.07 Å². The van der Waals surface area contributed by atoms with Crippen LogP contribution in [0, 0.1) is 5.82 Å². The Morgan fingerprint density at radius 1 is 1.13 bits per heavy atom. The molecular weight excluding hydrogens is 191 g/mol. The van der Waals surface area contributed by atoms with Gasteiger partial charge in [0, 0.05) is 5.39 Å². The minimum atomic E-state index is -0.754. The molecule has 0 amide bonds. The standard InChI is InChI=1S/C13H11FO/c1-2-13(15)11-7-8-12(14)10-6-4-3-5-9(10)11/h2-8,13,15H,1H2. The molecule has 0 fully saturated rings. The largest absolute Gasteiger partial charge is 0.384 e. The van der Waals surface area contributed by atoms with Crippen molar-refractivity contribution in [3.63, 3.8) is 0 Å². The molecule has 1 atom stereocenters. The van der Waals surface area contributed by atoms with Gasteiger partial charge in [-0.25, -0.2) is 4.39 Å². The molecule has 1 nitrogen and oxygen atoms in total. The summed E-state index contributed by atoms with van der Waals surface area (Å²) in [5.41, 5.74) is 0.682. The lowest BCUT2D eigenvalue weighted by atomic mass is 10.00. The van der Waals surface area contributed by atoms with Gasteiger partial charge in [0.15, 0.2) is 0 Å². The van der Waals surface area contributed by atoms with E-state index in [1.54, 1.807) is 24.3 Å². The molecule has 2 aromatic rings. The van der Waals surface area contributed by atoms with Crippen molar-refractivity contribution >= 4 is 10.8 Å². The fourth-order valence-corrected chi connectivity index (χ4v) is 1.67. The van der Waals surface area contributed by atoms with Gasteiger partial charge in [-0.05, 0) is 17.0 Å². The van der Waals surface area contributed by atoms with E-state index in [2.05, 4.69) is 6.58 Å². The third-order valence-electron chi connectivity index (χ3n) is 2.45. The molecule has 0 heterocycles. The molecule has 1 unspecified atom stereocenters. The normalized spacial score (nSPS) is 12.7. The highest BCUT2D eigenvalue weighted by Gasteiger charge is 2.09. The first-order valence-corrected chi connectivity index (χ1v) is 4.72. The van der Waals surface area contributed by atoms with Gasteiger partial charge in [0.05, 0.1) is 6.10 Å². The van der Waals surface area contributed by atoms with E-state index in [0.29, 0.717) is 10.9 Å². The van der Waals surface area contributed by atoms with Crippen LogP contribution in [-0.4, -0.2) is 5.11 Å². The Morgan fingerprint density at radius 3 is 2.47 bits per heavy atom. The first-order valence-electron chi connectivity index (χ1n) is 4.72. The van der Waals surface area contributed by atoms with Crippen molar-refractivity contribution in [2.75, 3.05) is 0 Å². The number of benzene rings is 2. The second kappa shape index (κ2) is 3.83. The van der Waals surface area contributed by atoms with Crippen LogP contribution in [-0.2, 0) is 0 Å². The second-order valence-corrected chi connectivity index (χ2v) is 3.36. The first kappa shape index (κ1) is 9.87. The molecular formula is C13H11FO. The lowest BCUT2D eigenvalue weighted by Gasteiger charge is -2.10. The molecule has 2 heteroatoms. The van der Waals surface area contributed by atoms with Crippen LogP contribution in [0.1, 0.15) is 11.7 Å². The number of aliphatic hydroxyl groups is 1. The molecule has 0 spiro atoms. The van der Waals surface area contributed by atoms with Crippen LogP contribution in [0.4, 0.5) is 4.39 Å². The Kier molecular flexibility index (Phi) is 2.52. The smallest absolute Gasteiger partial charge is 0.131 e. The molecule has 0 aliphatic carbocycles. The molecule has 0 radical (unpaired) electrons. The zero-order valence-electron chi connectivity index (χ0n) is 8.15. The monoisotopic (exact) mass is 202 g/mol. The van der Waals surface area contributed by atoms with Crippen molar-refractivity contribution < 1.29 is 9.50 Å². The molecule has 0 aliphatic rings. The molecule has 1 N–H and O–H groups in total. The maximum Gasteiger partial charge on any atom is 0.131 e. The molecule has 0 saturated heterocycles. The predicted octanol–water partition coefficient (Wildman–Crippen LogP) is 3.20. The van der Waals surface area contributed by atoms with Gasteiger partial charge in [-0.1, -0.05) is 36.4 Å². The molecule has 0 aliphatic heterocycles. The maximum atomic E-state index is 13.4. The van der Waals surface area contributed by atoms with Crippen LogP contribution in [0.15, 0.2) is 49.1 Å². The summed E-state index contributed by atoms with van der Waals surface area (Å²) >= 11 is 0. The highest BCUT2D eigenvalue weighted by atomic mass is 19.1. The zero-order valence-corrected chi connectivity index (χ0v) is 8.15. The molecule has 0 bridgehead atoms. The Hall–Kier alpha value is -1.67. The number of aliphatic hydroxyl groups excluding tert-OH is 1. The fraction of sp³-hybridized carbons (Fsp3) is 0.0769. The predicted molar refractivity (Wildman–Crippen MR) is 59.1 cm³/mol. The summed E-state index contributed by atoms with van der Waals surface area (Å²) in [5, 5.41) is 10.9. The highest BCUT2D eigenvalue weighted by molar-refractivity contribution is 5.86. The average Bonchev–Trinajstić information content (AvgIpc) is 2.29. The molecule has 15 heavy (non-hydrogen) atoms. The third-order valence-corrected chi connectivity index (χ3v) is 2.45. The number of hydrogen-bond acceptors (Lipinski definition) is 1. The van der Waals surface area contributed by atoms with E-state index in [4.69, 9.17) is 0 Å². The van der Waals surface area contributed by atoms with Crippen LogP contribution < -0.4 is 0 Å². The third kappa shape index (κ3) is 1.64. The summed E-state index contributed by atoms with van der Waals surface area (Å²) in [5.74, 6) is -0.273. The molecule has 0 aromatic heterocycles. The van der Waals surface area contributed by atoms with Gasteiger partial charge in [0.2, 0.25) is 0 Å². The Morgan fingerprint density at radius 2 is 1.80 bits per heavy atom. The van der Waals surface area contributed by atoms with Crippen molar-refractivity contribution in [1.82, 2.24) is 0 Å². The quantitative estimate of drug-likeness (QED) is 0.741. The van der Waals surface area contributed by atoms with Crippen molar-refractivity contribution in [1.29, 1.82) is 0 Å². The van der Waals surface area contributed by atoms with E-state index >= 15 is 0 Å². The van der Waals surface area contributed by atoms with E-state index in [0.717, 1.165) is 5.39 Å². The van der Waals surface area contributed by atoms with E-state index in [-0.39, 0.29) is 5.82 Å². The van der Waals surface area contributed by atoms with E-state index < -0.39 is 6.10 Å². The van der Waals surface area contributed by atoms with Crippen LogP contribution in [0.25, 0.3) is 10.8 Å². The lowest BCUT2D eigenvalue weighted by molar-refractivity contribution is 0.230. The minimum Gasteiger partial charge on any atom is -0.384 e. The van der Waals surface area contributed by atoms with Crippen LogP contribution >= 0.6 is 0 Å². The van der Waals surface area contributed by atoms with Crippen LogP contribution in [0.5, 0.6) is 0 Å². The van der Waals surface area contributed by atoms with Crippen molar-refractivity contribution in [3.8, 4) is 0 Å². The average molecular weight is 202 g/mol. The summed E-state index contributed by atoms with van der Waals surface area (Å²) in [6, 6.07) is 10.0. The Bertz CT molecular complexity index is 505. The summed E-state index contributed by atoms with van der Waals surface area (Å²) in [6.45, 7) is 3.52. The maximum absolute atomic E-state index is 13.4. The molecule has 76 valence electrons. The van der Waals surface area contributed by atoms with Crippen molar-refractivity contribution in [2.45, 2.75) is 6.10 Å². The zero-order chi connectivity index (χ0) is 10.8. The summed E-state index contributed by atoms with van der Waals surface area (Å²) in [4.78, 5) is 0. The highest BCUT2D eigenvalue weighted by Crippen LogP contribution is 2.26. The van der Waals surface area contributed by atoms with Crippen LogP contribution in [0.3, 0.4) is 0 Å². The van der Waals surface area contributed by atoms with Gasteiger partial charge >= 0.3 is 0 Å².